The van der Waals surface area contributed by atoms with Crippen molar-refractivity contribution >= 4 is 23.2 Å². The molecular weight excluding hydrogens is 397 g/mol. The van der Waals surface area contributed by atoms with Crippen LogP contribution in [0, 0.1) is 12.7 Å². The van der Waals surface area contributed by atoms with Crippen molar-refractivity contribution in [3.8, 4) is 10.6 Å². The number of amides is 2. The molecule has 4 rings (SSSR count). The minimum atomic E-state index is -0.314. The summed E-state index contributed by atoms with van der Waals surface area (Å²) in [4.78, 5) is 33.8. The molecule has 0 radical (unpaired) electrons. The Morgan fingerprint density at radius 1 is 1.10 bits per heavy atom. The summed E-state index contributed by atoms with van der Waals surface area (Å²) in [6, 6.07) is 6.05. The standard InChI is InChI=1S/C18H18FN7O2S/c1-12-16(29-17(21-12)13-2-4-14(19)5-3-13)18(28)25-8-6-24(7-9-25)15(27)10-26-11-20-22-23-26/h2-5,11H,6-10H2,1H3. The Morgan fingerprint density at radius 3 is 2.45 bits per heavy atom. The van der Waals surface area contributed by atoms with Crippen LogP contribution in [0.1, 0.15) is 15.4 Å². The third-order valence-corrected chi connectivity index (χ3v) is 5.88. The number of hydrogen-bond acceptors (Lipinski definition) is 7. The minimum Gasteiger partial charge on any atom is -0.338 e. The fourth-order valence-electron chi connectivity index (χ4n) is 3.10. The predicted octanol–water partition coefficient (Wildman–Crippen LogP) is 1.23. The van der Waals surface area contributed by atoms with Crippen LogP contribution in [0.4, 0.5) is 4.39 Å². The first-order chi connectivity index (χ1) is 14.0. The molecule has 0 unspecified atom stereocenters. The number of aryl methyl sites for hydroxylation is 1. The lowest BCUT2D eigenvalue weighted by Crippen LogP contribution is -2.51. The van der Waals surface area contributed by atoms with E-state index in [0.717, 1.165) is 5.56 Å². The zero-order chi connectivity index (χ0) is 20.4. The molecule has 0 spiro atoms. The first-order valence-electron chi connectivity index (χ1n) is 9.02. The van der Waals surface area contributed by atoms with Gasteiger partial charge in [0.25, 0.3) is 5.91 Å². The van der Waals surface area contributed by atoms with Crippen LogP contribution < -0.4 is 0 Å². The summed E-state index contributed by atoms with van der Waals surface area (Å²) in [6.07, 6.45) is 1.39. The number of aromatic nitrogens is 5. The van der Waals surface area contributed by atoms with Gasteiger partial charge in [-0.2, -0.15) is 0 Å². The second kappa shape index (κ2) is 8.03. The predicted molar refractivity (Wildman–Crippen MR) is 103 cm³/mol. The fraction of sp³-hybridized carbons (Fsp3) is 0.333. The van der Waals surface area contributed by atoms with Crippen LogP contribution in [0.5, 0.6) is 0 Å². The van der Waals surface area contributed by atoms with E-state index in [1.54, 1.807) is 28.9 Å². The Kier molecular flexibility index (Phi) is 5.30. The number of hydrogen-bond donors (Lipinski definition) is 0. The van der Waals surface area contributed by atoms with E-state index >= 15 is 0 Å². The van der Waals surface area contributed by atoms with Crippen LogP contribution in [0.15, 0.2) is 30.6 Å². The number of tetrazole rings is 1. The van der Waals surface area contributed by atoms with Gasteiger partial charge < -0.3 is 9.80 Å². The lowest BCUT2D eigenvalue weighted by molar-refractivity contribution is -0.133. The van der Waals surface area contributed by atoms with Crippen LogP contribution >= 0.6 is 11.3 Å². The van der Waals surface area contributed by atoms with Crippen molar-refractivity contribution in [3.63, 3.8) is 0 Å². The third-order valence-electron chi connectivity index (χ3n) is 4.69. The lowest BCUT2D eigenvalue weighted by Gasteiger charge is -2.34. The summed E-state index contributed by atoms with van der Waals surface area (Å²) in [5, 5.41) is 11.4. The smallest absolute Gasteiger partial charge is 0.265 e. The number of piperazine rings is 1. The van der Waals surface area contributed by atoms with E-state index in [4.69, 9.17) is 0 Å². The number of halogens is 1. The third kappa shape index (κ3) is 4.14. The molecule has 1 aromatic carbocycles. The topological polar surface area (TPSA) is 97.1 Å². The Balaban J connectivity index is 1.39. The largest absolute Gasteiger partial charge is 0.338 e. The van der Waals surface area contributed by atoms with Gasteiger partial charge in [-0.05, 0) is 41.6 Å². The molecule has 0 saturated carbocycles. The van der Waals surface area contributed by atoms with Crippen molar-refractivity contribution in [2.75, 3.05) is 26.2 Å². The molecule has 3 aromatic rings. The number of benzene rings is 1. The highest BCUT2D eigenvalue weighted by atomic mass is 32.1. The van der Waals surface area contributed by atoms with Crippen molar-refractivity contribution in [2.24, 2.45) is 0 Å². The average Bonchev–Trinajstić information content (AvgIpc) is 3.38. The van der Waals surface area contributed by atoms with Gasteiger partial charge in [0.2, 0.25) is 5.91 Å². The summed E-state index contributed by atoms with van der Waals surface area (Å²) in [5.74, 6) is -0.497. The van der Waals surface area contributed by atoms with E-state index in [9.17, 15) is 14.0 Å². The van der Waals surface area contributed by atoms with E-state index in [1.165, 1.54) is 34.5 Å². The minimum absolute atomic E-state index is 0.0793. The molecular formula is C18H18FN7O2S. The van der Waals surface area contributed by atoms with Crippen molar-refractivity contribution in [3.05, 3.63) is 47.0 Å². The number of carbonyl (C=O) groups excluding carboxylic acids is 2. The molecule has 11 heteroatoms. The van der Waals surface area contributed by atoms with Gasteiger partial charge in [-0.25, -0.2) is 14.1 Å². The number of rotatable bonds is 4. The van der Waals surface area contributed by atoms with E-state index < -0.39 is 0 Å². The molecule has 0 atom stereocenters. The Morgan fingerprint density at radius 2 is 1.79 bits per heavy atom. The molecule has 0 aliphatic carbocycles. The summed E-state index contributed by atoms with van der Waals surface area (Å²) in [7, 11) is 0. The Bertz CT molecular complexity index is 1010. The van der Waals surface area contributed by atoms with Crippen molar-refractivity contribution in [1.29, 1.82) is 0 Å². The van der Waals surface area contributed by atoms with Crippen LogP contribution in [0.3, 0.4) is 0 Å². The molecule has 0 bridgehead atoms. The summed E-state index contributed by atoms with van der Waals surface area (Å²) in [6.45, 7) is 3.68. The molecule has 2 amide bonds. The molecule has 150 valence electrons. The van der Waals surface area contributed by atoms with Crippen LogP contribution in [-0.2, 0) is 11.3 Å². The Hall–Kier alpha value is -3.21. The van der Waals surface area contributed by atoms with Crippen molar-refractivity contribution < 1.29 is 14.0 Å². The van der Waals surface area contributed by atoms with Crippen LogP contribution in [0.2, 0.25) is 0 Å². The maximum atomic E-state index is 13.1. The van der Waals surface area contributed by atoms with Gasteiger partial charge in [0.05, 0.1) is 5.69 Å². The summed E-state index contributed by atoms with van der Waals surface area (Å²) >= 11 is 1.30. The van der Waals surface area contributed by atoms with Gasteiger partial charge in [0, 0.05) is 31.7 Å². The highest BCUT2D eigenvalue weighted by Crippen LogP contribution is 2.29. The second-order valence-electron chi connectivity index (χ2n) is 6.62. The number of nitrogens with zero attached hydrogens (tertiary/aromatic N) is 7. The maximum Gasteiger partial charge on any atom is 0.265 e. The van der Waals surface area contributed by atoms with E-state index in [0.29, 0.717) is 41.8 Å². The van der Waals surface area contributed by atoms with Gasteiger partial charge in [0.15, 0.2) is 0 Å². The molecule has 1 saturated heterocycles. The molecule has 0 N–H and O–H groups in total. The lowest BCUT2D eigenvalue weighted by atomic mass is 10.2. The van der Waals surface area contributed by atoms with E-state index in [2.05, 4.69) is 20.5 Å². The zero-order valence-electron chi connectivity index (χ0n) is 15.7. The highest BCUT2D eigenvalue weighted by molar-refractivity contribution is 7.17. The molecule has 29 heavy (non-hydrogen) atoms. The van der Waals surface area contributed by atoms with Gasteiger partial charge in [0.1, 0.15) is 28.6 Å². The van der Waals surface area contributed by atoms with Crippen molar-refractivity contribution in [1.82, 2.24) is 35.0 Å². The van der Waals surface area contributed by atoms with E-state index in [-0.39, 0.29) is 24.2 Å². The van der Waals surface area contributed by atoms with Crippen LogP contribution in [-0.4, -0.2) is 73.0 Å². The molecule has 1 aliphatic rings. The maximum absolute atomic E-state index is 13.1. The van der Waals surface area contributed by atoms with Crippen LogP contribution in [0.25, 0.3) is 10.6 Å². The summed E-state index contributed by atoms with van der Waals surface area (Å²) < 4.78 is 14.5. The summed E-state index contributed by atoms with van der Waals surface area (Å²) in [5.41, 5.74) is 1.42. The Labute approximate surface area is 169 Å². The highest BCUT2D eigenvalue weighted by Gasteiger charge is 2.27. The van der Waals surface area contributed by atoms with Crippen molar-refractivity contribution in [2.45, 2.75) is 13.5 Å². The first kappa shape index (κ1) is 19.1. The van der Waals surface area contributed by atoms with Gasteiger partial charge >= 0.3 is 0 Å². The molecule has 1 aliphatic heterocycles. The quantitative estimate of drug-likeness (QED) is 0.636. The monoisotopic (exact) mass is 415 g/mol. The molecule has 1 fully saturated rings. The number of thiazole rings is 1. The van der Waals surface area contributed by atoms with Gasteiger partial charge in [-0.15, -0.1) is 16.4 Å². The zero-order valence-corrected chi connectivity index (χ0v) is 16.5. The van der Waals surface area contributed by atoms with E-state index in [1.807, 2.05) is 0 Å². The fourth-order valence-corrected chi connectivity index (χ4v) is 4.14. The number of carbonyl (C=O) groups is 2. The average molecular weight is 415 g/mol. The first-order valence-corrected chi connectivity index (χ1v) is 9.84. The second-order valence-corrected chi connectivity index (χ2v) is 7.62. The normalized spacial score (nSPS) is 14.3. The molecule has 3 heterocycles. The SMILES string of the molecule is Cc1nc(-c2ccc(F)cc2)sc1C(=O)N1CCN(C(=O)Cn2cnnn2)CC1. The van der Waals surface area contributed by atoms with Gasteiger partial charge in [-0.1, -0.05) is 0 Å². The molecule has 9 nitrogen and oxygen atoms in total. The van der Waals surface area contributed by atoms with Gasteiger partial charge in [-0.3, -0.25) is 9.59 Å². The molecule has 2 aromatic heterocycles.